The topological polar surface area (TPSA) is 89.3 Å². The second kappa shape index (κ2) is 3.72. The predicted octanol–water partition coefficient (Wildman–Crippen LogP) is -1.13. The van der Waals surface area contributed by atoms with E-state index in [4.69, 9.17) is 0 Å². The zero-order chi connectivity index (χ0) is 11.9. The molecule has 1 aromatic rings. The average Bonchev–Trinajstić information content (AvgIpc) is 2.60. The van der Waals surface area contributed by atoms with Crippen LogP contribution >= 0.6 is 0 Å². The lowest BCUT2D eigenvalue weighted by Gasteiger charge is -2.27. The second-order valence-electron chi connectivity index (χ2n) is 3.91. The molecule has 0 spiro atoms. The molecule has 8 heteroatoms. The maximum atomic E-state index is 11.9. The van der Waals surface area contributed by atoms with Crippen molar-refractivity contribution in [1.82, 2.24) is 18.8 Å². The summed E-state index contributed by atoms with van der Waals surface area (Å²) in [6.07, 6.45) is 0.446. The molecule has 0 bridgehead atoms. The molecule has 16 heavy (non-hydrogen) atoms. The summed E-state index contributed by atoms with van der Waals surface area (Å²) in [5.41, 5.74) is 1.16. The number of fused-ring (bicyclic) bond motifs is 1. The maximum absolute atomic E-state index is 11.9. The van der Waals surface area contributed by atoms with Gasteiger partial charge < -0.3 is 5.10 Å². The van der Waals surface area contributed by atoms with E-state index in [0.717, 1.165) is 0 Å². The van der Waals surface area contributed by atoms with Crippen molar-refractivity contribution in [3.63, 3.8) is 0 Å². The van der Waals surface area contributed by atoms with E-state index in [1.807, 2.05) is 0 Å². The summed E-state index contributed by atoms with van der Waals surface area (Å²) in [5.74, 6) is 0. The summed E-state index contributed by atoms with van der Waals surface area (Å²) in [7, 11) is -0.421. The van der Waals surface area contributed by atoms with E-state index in [-0.39, 0.29) is 12.1 Å². The fourth-order valence-corrected chi connectivity index (χ4v) is 2.82. The van der Waals surface area contributed by atoms with Gasteiger partial charge in [-0.1, -0.05) is 0 Å². The van der Waals surface area contributed by atoms with Gasteiger partial charge in [-0.15, -0.1) is 0 Å². The first-order chi connectivity index (χ1) is 7.43. The third kappa shape index (κ3) is 1.68. The van der Waals surface area contributed by atoms with Crippen LogP contribution in [0.25, 0.3) is 0 Å². The number of H-pyrrole nitrogens is 2. The minimum atomic E-state index is -3.40. The Kier molecular flexibility index (Phi) is 2.64. The zero-order valence-corrected chi connectivity index (χ0v) is 9.97. The lowest BCUT2D eigenvalue weighted by atomic mass is 10.1. The summed E-state index contributed by atoms with van der Waals surface area (Å²) in [5, 5.41) is 5.17. The molecule has 0 fully saturated rings. The molecule has 0 unspecified atom stereocenters. The number of nitrogens with zero attached hydrogens (tertiary/aromatic N) is 2. The number of aromatic nitrogens is 2. The number of nitrogens with one attached hydrogen (secondary N) is 2. The predicted molar refractivity (Wildman–Crippen MR) is 58.1 cm³/mol. The minimum Gasteiger partial charge on any atom is -0.301 e. The van der Waals surface area contributed by atoms with Crippen LogP contribution in [0.15, 0.2) is 4.79 Å². The molecule has 0 radical (unpaired) electrons. The van der Waals surface area contributed by atoms with Crippen LogP contribution in [0, 0.1) is 0 Å². The van der Waals surface area contributed by atoms with Gasteiger partial charge in [0.05, 0.1) is 12.2 Å². The monoisotopic (exact) mass is 246 g/mol. The Labute approximate surface area is 93.2 Å². The molecule has 2 rings (SSSR count). The Hall–Kier alpha value is -1.12. The molecular formula is C8H14N4O3S. The van der Waals surface area contributed by atoms with E-state index in [2.05, 4.69) is 10.2 Å². The van der Waals surface area contributed by atoms with E-state index < -0.39 is 10.2 Å². The molecular weight excluding hydrogens is 232 g/mol. The lowest BCUT2D eigenvalue weighted by molar-refractivity contribution is 0.355. The number of rotatable bonds is 2. The van der Waals surface area contributed by atoms with E-state index in [9.17, 15) is 13.2 Å². The smallest absolute Gasteiger partial charge is 0.281 e. The quantitative estimate of drug-likeness (QED) is 0.692. The highest BCUT2D eigenvalue weighted by atomic mass is 32.2. The molecule has 1 aliphatic heterocycles. The minimum absolute atomic E-state index is 0.156. The Balaban J connectivity index is 2.30. The zero-order valence-electron chi connectivity index (χ0n) is 9.15. The Morgan fingerprint density at radius 3 is 2.62 bits per heavy atom. The SMILES string of the molecule is CN(C)S(=O)(=O)N1CCc2c([nH][nH]c2=O)C1. The summed E-state index contributed by atoms with van der Waals surface area (Å²) in [4.78, 5) is 11.3. The van der Waals surface area contributed by atoms with Gasteiger partial charge in [-0.25, -0.2) is 0 Å². The molecule has 0 atom stereocenters. The molecule has 0 saturated carbocycles. The highest BCUT2D eigenvalue weighted by molar-refractivity contribution is 7.86. The van der Waals surface area contributed by atoms with Crippen molar-refractivity contribution in [2.75, 3.05) is 20.6 Å². The largest absolute Gasteiger partial charge is 0.301 e. The van der Waals surface area contributed by atoms with Crippen LogP contribution < -0.4 is 5.56 Å². The van der Waals surface area contributed by atoms with Gasteiger partial charge in [0.25, 0.3) is 15.8 Å². The van der Waals surface area contributed by atoms with Gasteiger partial charge in [-0.05, 0) is 6.42 Å². The molecule has 7 nitrogen and oxygen atoms in total. The maximum Gasteiger partial charge on any atom is 0.281 e. The molecule has 0 amide bonds. The van der Waals surface area contributed by atoms with Crippen LogP contribution in [0.3, 0.4) is 0 Å². The Morgan fingerprint density at radius 2 is 2.00 bits per heavy atom. The van der Waals surface area contributed by atoms with Crippen molar-refractivity contribution in [2.45, 2.75) is 13.0 Å². The summed E-state index contributed by atoms with van der Waals surface area (Å²) in [6.45, 7) is 0.559. The molecule has 0 saturated heterocycles. The molecule has 2 heterocycles. The van der Waals surface area contributed by atoms with E-state index in [0.29, 0.717) is 24.2 Å². The highest BCUT2D eigenvalue weighted by Gasteiger charge is 2.30. The van der Waals surface area contributed by atoms with Gasteiger partial charge >= 0.3 is 0 Å². The molecule has 2 N–H and O–H groups in total. The van der Waals surface area contributed by atoms with Crippen molar-refractivity contribution < 1.29 is 8.42 Å². The molecule has 0 aromatic carbocycles. The van der Waals surface area contributed by atoms with Crippen LogP contribution in [0.1, 0.15) is 11.3 Å². The first-order valence-electron chi connectivity index (χ1n) is 4.89. The van der Waals surface area contributed by atoms with Crippen LogP contribution in [0.2, 0.25) is 0 Å². The number of hydrogen-bond donors (Lipinski definition) is 2. The van der Waals surface area contributed by atoms with E-state index in [1.165, 1.54) is 22.7 Å². The summed E-state index contributed by atoms with van der Waals surface area (Å²) >= 11 is 0. The first kappa shape index (κ1) is 11.4. The van der Waals surface area contributed by atoms with Crippen molar-refractivity contribution in [2.24, 2.45) is 0 Å². The average molecular weight is 246 g/mol. The molecule has 0 aliphatic carbocycles. The van der Waals surface area contributed by atoms with Crippen molar-refractivity contribution >= 4 is 10.2 Å². The Morgan fingerprint density at radius 1 is 1.31 bits per heavy atom. The summed E-state index contributed by atoms with van der Waals surface area (Å²) in [6, 6.07) is 0. The molecule has 1 aromatic heterocycles. The van der Waals surface area contributed by atoms with Gasteiger partial charge in [-0.3, -0.25) is 9.89 Å². The third-order valence-corrected chi connectivity index (χ3v) is 4.59. The molecule has 1 aliphatic rings. The van der Waals surface area contributed by atoms with Gasteiger partial charge in [0.1, 0.15) is 0 Å². The van der Waals surface area contributed by atoms with Crippen LogP contribution in [0.4, 0.5) is 0 Å². The van der Waals surface area contributed by atoms with Crippen molar-refractivity contribution in [3.8, 4) is 0 Å². The number of aromatic amines is 2. The van der Waals surface area contributed by atoms with Crippen molar-refractivity contribution in [1.29, 1.82) is 0 Å². The lowest BCUT2D eigenvalue weighted by Crippen LogP contribution is -2.43. The van der Waals surface area contributed by atoms with Crippen LogP contribution in [-0.2, 0) is 23.2 Å². The normalized spacial score (nSPS) is 17.7. The standard InChI is InChI=1S/C8H14N4O3S/c1-11(2)16(14,15)12-4-3-6-7(5-12)9-10-8(6)13/h3-5H2,1-2H3,(H2,9,10,13). The fourth-order valence-electron chi connectivity index (χ4n) is 1.74. The van der Waals surface area contributed by atoms with E-state index >= 15 is 0 Å². The third-order valence-electron chi connectivity index (χ3n) is 2.70. The summed E-state index contributed by atoms with van der Waals surface area (Å²) < 4.78 is 26.2. The van der Waals surface area contributed by atoms with Gasteiger partial charge in [0.2, 0.25) is 0 Å². The van der Waals surface area contributed by atoms with Crippen molar-refractivity contribution in [3.05, 3.63) is 21.6 Å². The number of hydrogen-bond acceptors (Lipinski definition) is 3. The van der Waals surface area contributed by atoms with E-state index in [1.54, 1.807) is 0 Å². The van der Waals surface area contributed by atoms with Gasteiger partial charge in [0, 0.05) is 26.2 Å². The highest BCUT2D eigenvalue weighted by Crippen LogP contribution is 2.17. The first-order valence-corrected chi connectivity index (χ1v) is 6.28. The van der Waals surface area contributed by atoms with Gasteiger partial charge in [-0.2, -0.15) is 17.0 Å². The van der Waals surface area contributed by atoms with Crippen LogP contribution in [-0.4, -0.2) is 47.9 Å². The second-order valence-corrected chi connectivity index (χ2v) is 6.05. The molecule has 90 valence electrons. The fraction of sp³-hybridized carbons (Fsp3) is 0.625. The van der Waals surface area contributed by atoms with Crippen LogP contribution in [0.5, 0.6) is 0 Å². The Bertz CT molecular complexity index is 542. The van der Waals surface area contributed by atoms with Gasteiger partial charge in [0.15, 0.2) is 0 Å².